The Hall–Kier alpha value is -2.14. The molecule has 1 saturated carbocycles. The van der Waals surface area contributed by atoms with Crippen molar-refractivity contribution in [3.05, 3.63) is 56.3 Å². The summed E-state index contributed by atoms with van der Waals surface area (Å²) in [5.41, 5.74) is 5.68. The monoisotopic (exact) mass is 381 g/mol. The average Bonchev–Trinajstić information content (AvgIpc) is 2.71. The summed E-state index contributed by atoms with van der Waals surface area (Å²) >= 11 is 0. The van der Waals surface area contributed by atoms with E-state index in [-0.39, 0.29) is 5.56 Å². The number of methoxy groups -OCH3 is 1. The third-order valence-electron chi connectivity index (χ3n) is 6.41. The molecule has 0 saturated heterocycles. The minimum absolute atomic E-state index is 0.0849. The number of aryl methyl sites for hydroxylation is 2. The number of rotatable bonds is 4. The van der Waals surface area contributed by atoms with Gasteiger partial charge in [-0.05, 0) is 55.9 Å². The maximum atomic E-state index is 12.6. The Morgan fingerprint density at radius 2 is 1.96 bits per heavy atom. The van der Waals surface area contributed by atoms with E-state index in [1.54, 1.807) is 7.11 Å². The number of fused-ring (bicyclic) bond motifs is 1. The molecule has 5 heteroatoms. The predicted molar refractivity (Wildman–Crippen MR) is 111 cm³/mol. The number of H-pyrrole nitrogens is 1. The lowest BCUT2D eigenvalue weighted by molar-refractivity contribution is 0.239. The summed E-state index contributed by atoms with van der Waals surface area (Å²) in [6.07, 6.45) is 6.86. The molecule has 28 heavy (non-hydrogen) atoms. The van der Waals surface area contributed by atoms with Crippen LogP contribution in [-0.4, -0.2) is 28.5 Å². The molecule has 0 atom stereocenters. The zero-order valence-electron chi connectivity index (χ0n) is 17.3. The van der Waals surface area contributed by atoms with Gasteiger partial charge in [0.05, 0.1) is 12.8 Å². The van der Waals surface area contributed by atoms with E-state index in [9.17, 15) is 4.79 Å². The van der Waals surface area contributed by atoms with Gasteiger partial charge >= 0.3 is 0 Å². The van der Waals surface area contributed by atoms with Gasteiger partial charge in [-0.3, -0.25) is 9.69 Å². The van der Waals surface area contributed by atoms with Crippen molar-refractivity contribution in [2.24, 2.45) is 0 Å². The highest BCUT2D eigenvalue weighted by atomic mass is 16.5. The minimum Gasteiger partial charge on any atom is -0.496 e. The molecule has 150 valence electrons. The quantitative estimate of drug-likeness (QED) is 0.870. The van der Waals surface area contributed by atoms with Gasteiger partial charge in [-0.1, -0.05) is 25.3 Å². The van der Waals surface area contributed by atoms with Gasteiger partial charge in [0.15, 0.2) is 0 Å². The molecule has 1 aliphatic carbocycles. The standard InChI is InChI=1S/C23H31N3O2/c1-15-12-21(28-3)16(2)11-18(15)13-26-10-9-19-20(14-26)24-22(25-23(19)27)17-7-5-4-6-8-17/h11-12,17H,4-10,13-14H2,1-3H3,(H,24,25,27). The largest absolute Gasteiger partial charge is 0.496 e. The van der Waals surface area contributed by atoms with Gasteiger partial charge in [0.25, 0.3) is 5.56 Å². The fraction of sp³-hybridized carbons (Fsp3) is 0.565. The van der Waals surface area contributed by atoms with E-state index < -0.39 is 0 Å². The SMILES string of the molecule is COc1cc(C)c(CN2CCc3c(nc(C4CCCCC4)[nH]c3=O)C2)cc1C. The summed E-state index contributed by atoms with van der Waals surface area (Å²) in [6, 6.07) is 4.34. The van der Waals surface area contributed by atoms with Crippen molar-refractivity contribution in [2.45, 2.75) is 71.4 Å². The number of hydrogen-bond donors (Lipinski definition) is 1. The smallest absolute Gasteiger partial charge is 0.254 e. The molecular formula is C23H31N3O2. The second kappa shape index (κ2) is 8.08. The molecule has 0 spiro atoms. The molecule has 0 radical (unpaired) electrons. The summed E-state index contributed by atoms with van der Waals surface area (Å²) in [6.45, 7) is 6.75. The molecule has 2 aliphatic rings. The predicted octanol–water partition coefficient (Wildman–Crippen LogP) is 4.00. The Labute approximate surface area is 167 Å². The lowest BCUT2D eigenvalue weighted by Crippen LogP contribution is -2.36. The number of aromatic nitrogens is 2. The first-order chi connectivity index (χ1) is 13.5. The molecule has 4 rings (SSSR count). The molecule has 1 aromatic carbocycles. The summed E-state index contributed by atoms with van der Waals surface area (Å²) in [7, 11) is 1.72. The van der Waals surface area contributed by atoms with Gasteiger partial charge < -0.3 is 9.72 Å². The lowest BCUT2D eigenvalue weighted by Gasteiger charge is -2.29. The highest BCUT2D eigenvalue weighted by Crippen LogP contribution is 2.31. The van der Waals surface area contributed by atoms with Crippen LogP contribution in [0.15, 0.2) is 16.9 Å². The first kappa shape index (κ1) is 19.2. The van der Waals surface area contributed by atoms with Gasteiger partial charge in [0.1, 0.15) is 11.6 Å². The van der Waals surface area contributed by atoms with Crippen LogP contribution >= 0.6 is 0 Å². The third-order valence-corrected chi connectivity index (χ3v) is 6.41. The van der Waals surface area contributed by atoms with Crippen molar-refractivity contribution in [1.29, 1.82) is 0 Å². The Morgan fingerprint density at radius 1 is 1.18 bits per heavy atom. The van der Waals surface area contributed by atoms with Crippen LogP contribution in [0, 0.1) is 13.8 Å². The molecule has 2 aromatic rings. The average molecular weight is 382 g/mol. The fourth-order valence-electron chi connectivity index (χ4n) is 4.70. The second-order valence-corrected chi connectivity index (χ2v) is 8.42. The van der Waals surface area contributed by atoms with E-state index in [2.05, 4.69) is 35.9 Å². The van der Waals surface area contributed by atoms with E-state index >= 15 is 0 Å². The summed E-state index contributed by atoms with van der Waals surface area (Å²) in [4.78, 5) is 23.1. The minimum atomic E-state index is 0.0849. The lowest BCUT2D eigenvalue weighted by atomic mass is 9.88. The zero-order valence-corrected chi connectivity index (χ0v) is 17.3. The molecular weight excluding hydrogens is 350 g/mol. The zero-order chi connectivity index (χ0) is 19.7. The van der Waals surface area contributed by atoms with Crippen LogP contribution in [0.3, 0.4) is 0 Å². The molecule has 0 amide bonds. The Balaban J connectivity index is 1.55. The van der Waals surface area contributed by atoms with Crippen LogP contribution in [0.5, 0.6) is 5.75 Å². The van der Waals surface area contributed by atoms with E-state index in [4.69, 9.17) is 9.72 Å². The Bertz CT molecular complexity index is 913. The van der Waals surface area contributed by atoms with E-state index in [0.29, 0.717) is 5.92 Å². The first-order valence-electron chi connectivity index (χ1n) is 10.5. The van der Waals surface area contributed by atoms with Crippen LogP contribution in [0.4, 0.5) is 0 Å². The summed E-state index contributed by atoms with van der Waals surface area (Å²) in [5, 5.41) is 0. The van der Waals surface area contributed by atoms with Crippen LogP contribution in [0.1, 0.15) is 71.8 Å². The van der Waals surface area contributed by atoms with Gasteiger partial charge in [-0.15, -0.1) is 0 Å². The number of ether oxygens (including phenoxy) is 1. The molecule has 0 bridgehead atoms. The number of aromatic amines is 1. The highest BCUT2D eigenvalue weighted by Gasteiger charge is 2.24. The van der Waals surface area contributed by atoms with Crippen molar-refractivity contribution in [1.82, 2.24) is 14.9 Å². The Morgan fingerprint density at radius 3 is 2.71 bits per heavy atom. The molecule has 0 unspecified atom stereocenters. The molecule has 5 nitrogen and oxygen atoms in total. The van der Waals surface area contributed by atoms with E-state index in [1.165, 1.54) is 30.4 Å². The van der Waals surface area contributed by atoms with Crippen molar-refractivity contribution < 1.29 is 4.74 Å². The number of nitrogens with one attached hydrogen (secondary N) is 1. The number of nitrogens with zero attached hydrogens (tertiary/aromatic N) is 2. The molecule has 1 aromatic heterocycles. The number of hydrogen-bond acceptors (Lipinski definition) is 4. The molecule has 1 fully saturated rings. The van der Waals surface area contributed by atoms with Crippen LogP contribution in [0.2, 0.25) is 0 Å². The second-order valence-electron chi connectivity index (χ2n) is 8.42. The van der Waals surface area contributed by atoms with Gasteiger partial charge in [-0.2, -0.15) is 0 Å². The third kappa shape index (κ3) is 3.86. The van der Waals surface area contributed by atoms with Crippen molar-refractivity contribution in [3.8, 4) is 5.75 Å². The summed E-state index contributed by atoms with van der Waals surface area (Å²) in [5.74, 6) is 2.28. The Kier molecular flexibility index (Phi) is 5.54. The van der Waals surface area contributed by atoms with E-state index in [0.717, 1.165) is 67.3 Å². The first-order valence-corrected chi connectivity index (χ1v) is 10.5. The van der Waals surface area contributed by atoms with Crippen LogP contribution in [-0.2, 0) is 19.5 Å². The molecule has 1 N–H and O–H groups in total. The van der Waals surface area contributed by atoms with Gasteiger partial charge in [0.2, 0.25) is 0 Å². The van der Waals surface area contributed by atoms with Crippen LogP contribution < -0.4 is 10.3 Å². The van der Waals surface area contributed by atoms with Crippen molar-refractivity contribution >= 4 is 0 Å². The van der Waals surface area contributed by atoms with Crippen LogP contribution in [0.25, 0.3) is 0 Å². The van der Waals surface area contributed by atoms with Gasteiger partial charge in [0, 0.05) is 31.1 Å². The van der Waals surface area contributed by atoms with Crippen molar-refractivity contribution in [2.75, 3.05) is 13.7 Å². The fourth-order valence-corrected chi connectivity index (χ4v) is 4.70. The van der Waals surface area contributed by atoms with Crippen molar-refractivity contribution in [3.63, 3.8) is 0 Å². The number of benzene rings is 1. The molecule has 1 aliphatic heterocycles. The van der Waals surface area contributed by atoms with E-state index in [1.807, 2.05) is 0 Å². The highest BCUT2D eigenvalue weighted by molar-refractivity contribution is 5.41. The topological polar surface area (TPSA) is 58.2 Å². The summed E-state index contributed by atoms with van der Waals surface area (Å²) < 4.78 is 5.44. The molecule has 2 heterocycles. The van der Waals surface area contributed by atoms with Gasteiger partial charge in [-0.25, -0.2) is 4.98 Å². The maximum Gasteiger partial charge on any atom is 0.254 e. The normalized spacial score (nSPS) is 18.1. The maximum absolute atomic E-state index is 12.6.